The first-order chi connectivity index (χ1) is 9.36. The van der Waals surface area contributed by atoms with Crippen LogP contribution in [0.3, 0.4) is 0 Å². The van der Waals surface area contributed by atoms with Crippen LogP contribution >= 0.6 is 0 Å². The zero-order valence-electron chi connectivity index (χ0n) is 14.0. The highest BCUT2D eigenvalue weighted by Crippen LogP contribution is 2.56. The van der Waals surface area contributed by atoms with E-state index in [1.807, 2.05) is 20.8 Å². The highest BCUT2D eigenvalue weighted by molar-refractivity contribution is 5.87. The number of carbonyl (C=O) groups excluding carboxylic acids is 1. The van der Waals surface area contributed by atoms with E-state index in [0.29, 0.717) is 6.42 Å². The van der Waals surface area contributed by atoms with Crippen LogP contribution in [0.1, 0.15) is 54.4 Å². The first-order valence-electron chi connectivity index (χ1n) is 7.45. The minimum Gasteiger partial charge on any atom is -0.478 e. The van der Waals surface area contributed by atoms with Crippen molar-refractivity contribution in [1.82, 2.24) is 0 Å². The molecule has 21 heavy (non-hydrogen) atoms. The number of ether oxygens (including phenoxy) is 1. The third-order valence-corrected chi connectivity index (χ3v) is 4.59. The highest BCUT2D eigenvalue weighted by Gasteiger charge is 2.62. The molecule has 3 atom stereocenters. The third kappa shape index (κ3) is 3.30. The summed E-state index contributed by atoms with van der Waals surface area (Å²) < 4.78 is 5.42. The molecule has 0 spiro atoms. The largest absolute Gasteiger partial charge is 0.478 e. The van der Waals surface area contributed by atoms with Crippen LogP contribution in [-0.2, 0) is 14.3 Å². The van der Waals surface area contributed by atoms with E-state index in [4.69, 9.17) is 4.74 Å². The monoisotopic (exact) mass is 296 g/mol. The molecule has 1 rings (SSSR count). The Morgan fingerprint density at radius 2 is 1.71 bits per heavy atom. The fourth-order valence-electron chi connectivity index (χ4n) is 3.87. The van der Waals surface area contributed by atoms with Crippen molar-refractivity contribution >= 4 is 11.9 Å². The van der Waals surface area contributed by atoms with Gasteiger partial charge >= 0.3 is 11.9 Å². The molecule has 0 aromatic rings. The molecule has 0 aliphatic heterocycles. The van der Waals surface area contributed by atoms with Gasteiger partial charge in [-0.15, -0.1) is 0 Å². The predicted molar refractivity (Wildman–Crippen MR) is 81.8 cm³/mol. The Labute approximate surface area is 127 Å². The highest BCUT2D eigenvalue weighted by atomic mass is 16.6. The Hall–Kier alpha value is -1.32. The molecular formula is C17H28O4. The maximum atomic E-state index is 12.0. The number of hydrogen-bond acceptors (Lipinski definition) is 3. The summed E-state index contributed by atoms with van der Waals surface area (Å²) >= 11 is 0. The van der Waals surface area contributed by atoms with E-state index in [9.17, 15) is 14.7 Å². The van der Waals surface area contributed by atoms with Gasteiger partial charge in [-0.05, 0) is 29.6 Å². The Balaban J connectivity index is 3.38. The summed E-state index contributed by atoms with van der Waals surface area (Å²) in [4.78, 5) is 23.7. The molecule has 0 aromatic carbocycles. The van der Waals surface area contributed by atoms with Gasteiger partial charge in [-0.3, -0.25) is 0 Å². The van der Waals surface area contributed by atoms with Gasteiger partial charge in [-0.2, -0.15) is 0 Å². The van der Waals surface area contributed by atoms with Crippen molar-refractivity contribution < 1.29 is 19.4 Å². The number of carboxylic acids is 1. The fourth-order valence-corrected chi connectivity index (χ4v) is 3.87. The molecule has 0 heterocycles. The Bertz CT molecular complexity index is 439. The van der Waals surface area contributed by atoms with Gasteiger partial charge < -0.3 is 9.84 Å². The SMILES string of the molecule is C=CC(=O)OC1(C(=O)O)CCC(C(C)(C)C)C1C(C)(C)C. The lowest BCUT2D eigenvalue weighted by atomic mass is 9.62. The van der Waals surface area contributed by atoms with Crippen molar-refractivity contribution in [1.29, 1.82) is 0 Å². The number of aliphatic carboxylic acids is 1. The molecule has 4 nitrogen and oxygen atoms in total. The van der Waals surface area contributed by atoms with E-state index in [-0.39, 0.29) is 22.7 Å². The topological polar surface area (TPSA) is 63.6 Å². The van der Waals surface area contributed by atoms with E-state index in [2.05, 4.69) is 27.4 Å². The number of hydrogen-bond donors (Lipinski definition) is 1. The summed E-state index contributed by atoms with van der Waals surface area (Å²) in [5.74, 6) is -1.79. The summed E-state index contributed by atoms with van der Waals surface area (Å²) in [6, 6.07) is 0. The normalized spacial score (nSPS) is 30.0. The first kappa shape index (κ1) is 17.7. The molecule has 1 fully saturated rings. The molecule has 0 bridgehead atoms. The van der Waals surface area contributed by atoms with Crippen molar-refractivity contribution in [2.45, 2.75) is 60.0 Å². The van der Waals surface area contributed by atoms with E-state index in [1.54, 1.807) is 0 Å². The molecule has 0 radical (unpaired) electrons. The van der Waals surface area contributed by atoms with Crippen LogP contribution in [0.15, 0.2) is 12.7 Å². The van der Waals surface area contributed by atoms with Crippen molar-refractivity contribution in [3.05, 3.63) is 12.7 Å². The van der Waals surface area contributed by atoms with Crippen molar-refractivity contribution in [2.75, 3.05) is 0 Å². The first-order valence-corrected chi connectivity index (χ1v) is 7.45. The summed E-state index contributed by atoms with van der Waals surface area (Å²) in [7, 11) is 0. The predicted octanol–water partition coefficient (Wildman–Crippen LogP) is 3.66. The quantitative estimate of drug-likeness (QED) is 0.637. The summed E-state index contributed by atoms with van der Waals surface area (Å²) in [6.45, 7) is 15.8. The van der Waals surface area contributed by atoms with Gasteiger partial charge in [0.15, 0.2) is 0 Å². The molecule has 1 aliphatic rings. The molecule has 0 saturated heterocycles. The fraction of sp³-hybridized carbons (Fsp3) is 0.765. The minimum atomic E-state index is -1.46. The molecule has 1 saturated carbocycles. The van der Waals surface area contributed by atoms with E-state index >= 15 is 0 Å². The van der Waals surface area contributed by atoms with Gasteiger partial charge in [-0.1, -0.05) is 48.1 Å². The lowest BCUT2D eigenvalue weighted by molar-refractivity contribution is -0.188. The minimum absolute atomic E-state index is 0.0459. The molecular weight excluding hydrogens is 268 g/mol. The van der Waals surface area contributed by atoms with Crippen molar-refractivity contribution in [3.8, 4) is 0 Å². The molecule has 4 heteroatoms. The van der Waals surface area contributed by atoms with Crippen LogP contribution in [0.4, 0.5) is 0 Å². The van der Waals surface area contributed by atoms with Crippen molar-refractivity contribution in [2.24, 2.45) is 22.7 Å². The van der Waals surface area contributed by atoms with Crippen LogP contribution in [0, 0.1) is 22.7 Å². The van der Waals surface area contributed by atoms with Gasteiger partial charge in [0.2, 0.25) is 5.60 Å². The van der Waals surface area contributed by atoms with Crippen molar-refractivity contribution in [3.63, 3.8) is 0 Å². The Kier molecular flexibility index (Phi) is 4.62. The second kappa shape index (κ2) is 5.47. The number of esters is 1. The van der Waals surface area contributed by atoms with Gasteiger partial charge in [0.1, 0.15) is 0 Å². The van der Waals surface area contributed by atoms with Crippen LogP contribution in [-0.4, -0.2) is 22.6 Å². The van der Waals surface area contributed by atoms with Crippen LogP contribution in [0.2, 0.25) is 0 Å². The number of carbonyl (C=O) groups is 2. The second-order valence-corrected chi connectivity index (χ2v) is 8.17. The van der Waals surface area contributed by atoms with Crippen LogP contribution < -0.4 is 0 Å². The Morgan fingerprint density at radius 1 is 1.19 bits per heavy atom. The summed E-state index contributed by atoms with van der Waals surface area (Å²) in [5.41, 5.74) is -1.79. The average molecular weight is 296 g/mol. The van der Waals surface area contributed by atoms with Crippen LogP contribution in [0.25, 0.3) is 0 Å². The van der Waals surface area contributed by atoms with Gasteiger partial charge in [-0.25, -0.2) is 9.59 Å². The zero-order chi connectivity index (χ0) is 16.6. The summed E-state index contributed by atoms with van der Waals surface area (Å²) in [5, 5.41) is 9.81. The summed E-state index contributed by atoms with van der Waals surface area (Å²) in [6.07, 6.45) is 2.13. The lowest BCUT2D eigenvalue weighted by Gasteiger charge is -2.45. The zero-order valence-corrected chi connectivity index (χ0v) is 14.0. The molecule has 3 unspecified atom stereocenters. The molecule has 1 N–H and O–H groups in total. The average Bonchev–Trinajstić information content (AvgIpc) is 2.69. The second-order valence-electron chi connectivity index (χ2n) is 8.17. The van der Waals surface area contributed by atoms with E-state index in [0.717, 1.165) is 12.5 Å². The Morgan fingerprint density at radius 3 is 2.05 bits per heavy atom. The molecule has 0 amide bonds. The molecule has 0 aromatic heterocycles. The van der Waals surface area contributed by atoms with Gasteiger partial charge in [0.05, 0.1) is 0 Å². The number of rotatable bonds is 3. The molecule has 120 valence electrons. The smallest absolute Gasteiger partial charge is 0.348 e. The van der Waals surface area contributed by atoms with E-state index in [1.165, 1.54) is 0 Å². The van der Waals surface area contributed by atoms with E-state index < -0.39 is 17.5 Å². The molecule has 1 aliphatic carbocycles. The van der Waals surface area contributed by atoms with Gasteiger partial charge in [0.25, 0.3) is 0 Å². The van der Waals surface area contributed by atoms with Gasteiger partial charge in [0, 0.05) is 12.0 Å². The maximum Gasteiger partial charge on any atom is 0.348 e. The standard InChI is InChI=1S/C17H28O4/c1-8-12(18)21-17(14(19)20)10-9-11(15(2,3)4)13(17)16(5,6)7/h8,11,13H,1,9-10H2,2-7H3,(H,19,20). The lowest BCUT2D eigenvalue weighted by Crippen LogP contribution is -2.53. The number of carboxylic acid groups (broad SMARTS) is 1. The third-order valence-electron chi connectivity index (χ3n) is 4.59. The maximum absolute atomic E-state index is 12.0. The van der Waals surface area contributed by atoms with Crippen LogP contribution in [0.5, 0.6) is 0 Å².